The van der Waals surface area contributed by atoms with Gasteiger partial charge in [-0.15, -0.1) is 0 Å². The number of hydrogen-bond donors (Lipinski definition) is 1. The van der Waals surface area contributed by atoms with Crippen LogP contribution in [0, 0.1) is 19.7 Å². The highest BCUT2D eigenvalue weighted by molar-refractivity contribution is 6.31. The number of fused-ring (bicyclic) bond motifs is 1. The van der Waals surface area contributed by atoms with Crippen LogP contribution in [-0.2, 0) is 6.54 Å². The molecule has 1 aliphatic rings. The van der Waals surface area contributed by atoms with Crippen molar-refractivity contribution in [3.05, 3.63) is 70.4 Å². The minimum absolute atomic E-state index is 0.153. The van der Waals surface area contributed by atoms with Gasteiger partial charge in [-0.3, -0.25) is 9.97 Å². The van der Waals surface area contributed by atoms with Gasteiger partial charge in [0.1, 0.15) is 11.3 Å². The van der Waals surface area contributed by atoms with Crippen molar-refractivity contribution in [2.45, 2.75) is 20.4 Å². The van der Waals surface area contributed by atoms with Gasteiger partial charge in [0, 0.05) is 49.2 Å². The van der Waals surface area contributed by atoms with Gasteiger partial charge in [0.05, 0.1) is 24.0 Å². The molecule has 4 aromatic rings. The van der Waals surface area contributed by atoms with E-state index in [0.717, 1.165) is 60.0 Å². The maximum absolute atomic E-state index is 14.2. The Hall–Kier alpha value is -3.03. The Balaban J connectivity index is 1.71. The van der Waals surface area contributed by atoms with E-state index in [-0.39, 0.29) is 5.82 Å². The fourth-order valence-corrected chi connectivity index (χ4v) is 4.59. The van der Waals surface area contributed by atoms with Crippen LogP contribution in [0.4, 0.5) is 10.3 Å². The summed E-state index contributed by atoms with van der Waals surface area (Å²) in [5, 5.41) is 4.00. The van der Waals surface area contributed by atoms with E-state index in [9.17, 15) is 4.39 Å². The smallest absolute Gasteiger partial charge is 0.206 e. The average Bonchev–Trinajstić information content (AvgIpc) is 3.16. The van der Waals surface area contributed by atoms with Crippen LogP contribution in [0.5, 0.6) is 0 Å². The summed E-state index contributed by atoms with van der Waals surface area (Å²) < 4.78 is 16.4. The van der Waals surface area contributed by atoms with Crippen LogP contribution in [0.15, 0.2) is 42.9 Å². The molecule has 1 saturated heterocycles. The van der Waals surface area contributed by atoms with E-state index >= 15 is 0 Å². The number of rotatable bonds is 4. The van der Waals surface area contributed by atoms with E-state index < -0.39 is 0 Å². The predicted molar refractivity (Wildman–Crippen MR) is 126 cm³/mol. The van der Waals surface area contributed by atoms with Gasteiger partial charge in [-0.05, 0) is 42.7 Å². The maximum Gasteiger partial charge on any atom is 0.206 e. The molecule has 0 amide bonds. The second-order valence-electron chi connectivity index (χ2n) is 8.19. The molecule has 0 saturated carbocycles. The van der Waals surface area contributed by atoms with Crippen molar-refractivity contribution in [2.24, 2.45) is 0 Å². The monoisotopic (exact) mass is 450 g/mol. The highest BCUT2D eigenvalue weighted by Crippen LogP contribution is 2.34. The quantitative estimate of drug-likeness (QED) is 0.500. The summed E-state index contributed by atoms with van der Waals surface area (Å²) >= 11 is 6.55. The molecule has 2 aromatic heterocycles. The molecule has 1 fully saturated rings. The lowest BCUT2D eigenvalue weighted by Crippen LogP contribution is -2.44. The minimum Gasteiger partial charge on any atom is -0.340 e. The summed E-state index contributed by atoms with van der Waals surface area (Å²) in [7, 11) is 0. The van der Waals surface area contributed by atoms with E-state index in [1.54, 1.807) is 32.4 Å². The minimum atomic E-state index is -0.153. The Bertz CT molecular complexity index is 1260. The lowest BCUT2D eigenvalue weighted by molar-refractivity contribution is 0.571. The second-order valence-corrected chi connectivity index (χ2v) is 8.63. The molecule has 0 aliphatic carbocycles. The fraction of sp³-hybridized carbons (Fsp3) is 0.292. The Kier molecular flexibility index (Phi) is 5.53. The summed E-state index contributed by atoms with van der Waals surface area (Å²) in [5.41, 5.74) is 5.65. The second kappa shape index (κ2) is 8.48. The van der Waals surface area contributed by atoms with Gasteiger partial charge in [-0.1, -0.05) is 23.7 Å². The number of imidazole rings is 1. The van der Waals surface area contributed by atoms with E-state index in [1.165, 1.54) is 0 Å². The first-order valence-corrected chi connectivity index (χ1v) is 11.1. The molecule has 0 bridgehead atoms. The van der Waals surface area contributed by atoms with Crippen LogP contribution in [0.2, 0.25) is 5.02 Å². The number of nitrogens with zero attached hydrogens (tertiary/aromatic N) is 5. The van der Waals surface area contributed by atoms with E-state index in [1.807, 2.05) is 24.3 Å². The first kappa shape index (κ1) is 20.8. The van der Waals surface area contributed by atoms with Gasteiger partial charge in [-0.25, -0.2) is 9.37 Å². The van der Waals surface area contributed by atoms with Gasteiger partial charge in [0.15, 0.2) is 0 Å². The summed E-state index contributed by atoms with van der Waals surface area (Å²) in [6, 6.07) is 7.64. The van der Waals surface area contributed by atoms with Gasteiger partial charge in [-0.2, -0.15) is 0 Å². The van der Waals surface area contributed by atoms with E-state index in [4.69, 9.17) is 16.6 Å². The third kappa shape index (κ3) is 3.82. The molecule has 164 valence electrons. The average molecular weight is 451 g/mol. The van der Waals surface area contributed by atoms with Crippen molar-refractivity contribution in [1.82, 2.24) is 24.8 Å². The highest BCUT2D eigenvalue weighted by Gasteiger charge is 2.22. The number of nitrogens with one attached hydrogen (secondary N) is 1. The molecule has 1 aliphatic heterocycles. The first-order valence-electron chi connectivity index (χ1n) is 10.7. The van der Waals surface area contributed by atoms with Crippen LogP contribution < -0.4 is 10.2 Å². The zero-order chi connectivity index (χ0) is 22.2. The van der Waals surface area contributed by atoms with Crippen molar-refractivity contribution in [3.63, 3.8) is 0 Å². The normalized spacial score (nSPS) is 14.3. The number of aromatic nitrogens is 4. The lowest BCUT2D eigenvalue weighted by atomic mass is 10.1. The number of anilines is 1. The third-order valence-electron chi connectivity index (χ3n) is 5.87. The van der Waals surface area contributed by atoms with Crippen LogP contribution in [0.3, 0.4) is 0 Å². The zero-order valence-corrected chi connectivity index (χ0v) is 18.8. The molecule has 5 rings (SSSR count). The Morgan fingerprint density at radius 2 is 1.81 bits per heavy atom. The van der Waals surface area contributed by atoms with Crippen LogP contribution >= 0.6 is 11.6 Å². The number of benzene rings is 2. The van der Waals surface area contributed by atoms with Gasteiger partial charge < -0.3 is 14.8 Å². The Morgan fingerprint density at radius 3 is 2.50 bits per heavy atom. The van der Waals surface area contributed by atoms with Crippen LogP contribution in [-0.4, -0.2) is 45.7 Å². The number of halogens is 2. The standard InChI is InChI=1S/C24H24ClFN6/c1-15-9-17(10-16(2)22(15)26)14-32-21-12-18(25)11-19(20-13-28-3-4-29-20)23(21)30-24(32)31-7-5-27-6-8-31/h3-4,9-13,27H,5-8,14H2,1-2H3. The van der Waals surface area contributed by atoms with Gasteiger partial charge in [0.25, 0.3) is 0 Å². The summed E-state index contributed by atoms with van der Waals surface area (Å²) in [6.45, 7) is 7.69. The number of piperazine rings is 1. The molecular weight excluding hydrogens is 427 g/mol. The lowest BCUT2D eigenvalue weighted by Gasteiger charge is -2.29. The molecule has 2 aromatic carbocycles. The van der Waals surface area contributed by atoms with Crippen molar-refractivity contribution in [2.75, 3.05) is 31.1 Å². The van der Waals surface area contributed by atoms with Gasteiger partial charge >= 0.3 is 0 Å². The molecule has 0 atom stereocenters. The van der Waals surface area contributed by atoms with Crippen molar-refractivity contribution in [1.29, 1.82) is 0 Å². The van der Waals surface area contributed by atoms with Gasteiger partial charge in [0.2, 0.25) is 5.95 Å². The molecule has 6 nitrogen and oxygen atoms in total. The molecule has 0 radical (unpaired) electrons. The molecule has 8 heteroatoms. The zero-order valence-electron chi connectivity index (χ0n) is 18.1. The molecule has 0 spiro atoms. The Morgan fingerprint density at radius 1 is 1.06 bits per heavy atom. The fourth-order valence-electron chi connectivity index (χ4n) is 4.38. The van der Waals surface area contributed by atoms with E-state index in [2.05, 4.69) is 24.8 Å². The van der Waals surface area contributed by atoms with Crippen molar-refractivity contribution < 1.29 is 4.39 Å². The SMILES string of the molecule is Cc1cc(Cn2c(N3CCNCC3)nc3c(-c4cnccn4)cc(Cl)cc32)cc(C)c1F. The summed E-state index contributed by atoms with van der Waals surface area (Å²) in [4.78, 5) is 16.0. The predicted octanol–water partition coefficient (Wildman–Crippen LogP) is 4.36. The molecule has 0 unspecified atom stereocenters. The van der Waals surface area contributed by atoms with Crippen molar-refractivity contribution in [3.8, 4) is 11.3 Å². The number of aryl methyl sites for hydroxylation is 2. The largest absolute Gasteiger partial charge is 0.340 e. The number of hydrogen-bond acceptors (Lipinski definition) is 5. The molecule has 32 heavy (non-hydrogen) atoms. The Labute approximate surface area is 191 Å². The summed E-state index contributed by atoms with van der Waals surface area (Å²) in [6.07, 6.45) is 5.04. The van der Waals surface area contributed by atoms with Crippen molar-refractivity contribution >= 4 is 28.6 Å². The molecule has 3 heterocycles. The third-order valence-corrected chi connectivity index (χ3v) is 6.09. The molecule has 1 N–H and O–H groups in total. The highest BCUT2D eigenvalue weighted by atomic mass is 35.5. The maximum atomic E-state index is 14.2. The first-order chi connectivity index (χ1) is 15.5. The summed E-state index contributed by atoms with van der Waals surface area (Å²) in [5.74, 6) is 0.730. The van der Waals surface area contributed by atoms with Crippen LogP contribution in [0.1, 0.15) is 16.7 Å². The van der Waals surface area contributed by atoms with E-state index in [0.29, 0.717) is 22.7 Å². The molecular formula is C24H24ClFN6. The topological polar surface area (TPSA) is 58.9 Å². The van der Waals surface area contributed by atoms with Crippen LogP contribution in [0.25, 0.3) is 22.3 Å².